The zero-order chi connectivity index (χ0) is 12.8. The molecule has 0 unspecified atom stereocenters. The van der Waals surface area contributed by atoms with Gasteiger partial charge >= 0.3 is 5.97 Å². The van der Waals surface area contributed by atoms with Crippen molar-refractivity contribution >= 4 is 11.9 Å². The van der Waals surface area contributed by atoms with Crippen molar-refractivity contribution in [2.24, 2.45) is 0 Å². The van der Waals surface area contributed by atoms with E-state index in [1.807, 2.05) is 0 Å². The van der Waals surface area contributed by atoms with Gasteiger partial charge in [0.1, 0.15) is 0 Å². The Kier molecular flexibility index (Phi) is 5.19. The van der Waals surface area contributed by atoms with E-state index in [0.717, 1.165) is 38.8 Å². The van der Waals surface area contributed by atoms with Crippen molar-refractivity contribution in [1.29, 1.82) is 0 Å². The second-order valence-electron chi connectivity index (χ2n) is 4.62. The fourth-order valence-electron chi connectivity index (χ4n) is 2.01. The molecule has 4 heteroatoms. The van der Waals surface area contributed by atoms with Crippen LogP contribution in [0.3, 0.4) is 0 Å². The van der Waals surface area contributed by atoms with Crippen LogP contribution in [0.4, 0.5) is 0 Å². The van der Waals surface area contributed by atoms with E-state index < -0.39 is 5.97 Å². The molecule has 1 aliphatic rings. The van der Waals surface area contributed by atoms with E-state index in [2.05, 4.69) is 0 Å². The number of hydrogen-bond donors (Lipinski definition) is 1. The number of carboxylic acids is 1. The van der Waals surface area contributed by atoms with E-state index in [0.29, 0.717) is 5.57 Å². The molecule has 1 fully saturated rings. The second kappa shape index (κ2) is 6.42. The first-order chi connectivity index (χ1) is 8.04. The summed E-state index contributed by atoms with van der Waals surface area (Å²) in [6.45, 7) is 4.59. The Morgan fingerprint density at radius 2 is 1.35 bits per heavy atom. The first-order valence-corrected chi connectivity index (χ1v) is 6.24. The van der Waals surface area contributed by atoms with E-state index >= 15 is 0 Å². The minimum Gasteiger partial charge on any atom is -0.478 e. The van der Waals surface area contributed by atoms with Crippen molar-refractivity contribution in [3.8, 4) is 0 Å². The first-order valence-electron chi connectivity index (χ1n) is 6.24. The Morgan fingerprint density at radius 1 is 0.882 bits per heavy atom. The van der Waals surface area contributed by atoms with Gasteiger partial charge in [0.25, 0.3) is 0 Å². The Labute approximate surface area is 102 Å². The molecule has 0 saturated carbocycles. The lowest BCUT2D eigenvalue weighted by molar-refractivity contribution is -0.134. The lowest BCUT2D eigenvalue weighted by Gasteiger charge is -2.25. The third-order valence-corrected chi connectivity index (χ3v) is 3.35. The highest BCUT2D eigenvalue weighted by Gasteiger charge is 2.19. The van der Waals surface area contributed by atoms with Gasteiger partial charge in [-0.15, -0.1) is 0 Å². The Morgan fingerprint density at radius 3 is 1.82 bits per heavy atom. The van der Waals surface area contributed by atoms with Gasteiger partial charge in [-0.05, 0) is 26.7 Å². The number of nitrogens with zero attached hydrogens (tertiary/aromatic N) is 1. The van der Waals surface area contributed by atoms with Crippen molar-refractivity contribution in [3.05, 3.63) is 11.1 Å². The molecule has 0 bridgehead atoms. The molecule has 0 aromatic heterocycles. The SMILES string of the molecule is C/C(C(=O)O)=C(\C)C(=O)N1CCCCCCC1. The maximum atomic E-state index is 12.1. The molecule has 1 heterocycles. The molecule has 0 radical (unpaired) electrons. The van der Waals surface area contributed by atoms with Gasteiger partial charge < -0.3 is 10.0 Å². The third kappa shape index (κ3) is 3.88. The van der Waals surface area contributed by atoms with Crippen molar-refractivity contribution in [1.82, 2.24) is 4.90 Å². The van der Waals surface area contributed by atoms with E-state index in [4.69, 9.17) is 5.11 Å². The molecule has 1 N–H and O–H groups in total. The summed E-state index contributed by atoms with van der Waals surface area (Å²) in [6, 6.07) is 0. The Hall–Kier alpha value is -1.32. The van der Waals surface area contributed by atoms with Crippen molar-refractivity contribution < 1.29 is 14.7 Å². The fourth-order valence-corrected chi connectivity index (χ4v) is 2.01. The summed E-state index contributed by atoms with van der Waals surface area (Å²) in [4.78, 5) is 24.7. The summed E-state index contributed by atoms with van der Waals surface area (Å²) >= 11 is 0. The number of carboxylic acid groups (broad SMARTS) is 1. The zero-order valence-corrected chi connectivity index (χ0v) is 10.7. The molecule has 0 aliphatic carbocycles. The van der Waals surface area contributed by atoms with E-state index in [1.54, 1.807) is 11.8 Å². The van der Waals surface area contributed by atoms with Gasteiger partial charge in [-0.2, -0.15) is 0 Å². The average molecular weight is 239 g/mol. The average Bonchev–Trinajstić information content (AvgIpc) is 2.25. The number of rotatable bonds is 2. The molecule has 96 valence electrons. The maximum absolute atomic E-state index is 12.1. The quantitative estimate of drug-likeness (QED) is 0.751. The topological polar surface area (TPSA) is 57.6 Å². The van der Waals surface area contributed by atoms with Crippen LogP contribution < -0.4 is 0 Å². The van der Waals surface area contributed by atoms with Gasteiger partial charge in [0.2, 0.25) is 5.91 Å². The van der Waals surface area contributed by atoms with Crippen LogP contribution in [0.15, 0.2) is 11.1 Å². The van der Waals surface area contributed by atoms with Crippen LogP contribution in [0.25, 0.3) is 0 Å². The molecule has 1 saturated heterocycles. The highest BCUT2D eigenvalue weighted by Crippen LogP contribution is 2.14. The van der Waals surface area contributed by atoms with Gasteiger partial charge in [-0.3, -0.25) is 4.79 Å². The fraction of sp³-hybridized carbons (Fsp3) is 0.692. The lowest BCUT2D eigenvalue weighted by Crippen LogP contribution is -2.35. The number of carbonyl (C=O) groups excluding carboxylic acids is 1. The van der Waals surface area contributed by atoms with Crippen LogP contribution in [0.1, 0.15) is 46.0 Å². The summed E-state index contributed by atoms with van der Waals surface area (Å²) in [5.41, 5.74) is 0.509. The molecule has 0 spiro atoms. The van der Waals surface area contributed by atoms with Gasteiger partial charge in [-0.25, -0.2) is 4.79 Å². The highest BCUT2D eigenvalue weighted by atomic mass is 16.4. The van der Waals surface area contributed by atoms with Crippen molar-refractivity contribution in [2.75, 3.05) is 13.1 Å². The molecule has 4 nitrogen and oxygen atoms in total. The molecular formula is C13H21NO3. The molecular weight excluding hydrogens is 218 g/mol. The minimum atomic E-state index is -1.01. The number of hydrogen-bond acceptors (Lipinski definition) is 2. The van der Waals surface area contributed by atoms with E-state index in [-0.39, 0.29) is 11.5 Å². The van der Waals surface area contributed by atoms with Crippen LogP contribution in [-0.2, 0) is 9.59 Å². The number of carbonyl (C=O) groups is 2. The largest absolute Gasteiger partial charge is 0.478 e. The predicted octanol–water partition coefficient (Wildman–Crippen LogP) is 2.20. The van der Waals surface area contributed by atoms with Crippen molar-refractivity contribution in [3.63, 3.8) is 0 Å². The minimum absolute atomic E-state index is 0.119. The number of aliphatic carboxylic acids is 1. The summed E-state index contributed by atoms with van der Waals surface area (Å²) < 4.78 is 0. The molecule has 1 rings (SSSR count). The Bertz CT molecular complexity index is 326. The summed E-state index contributed by atoms with van der Waals surface area (Å²) in [5.74, 6) is -1.13. The normalized spacial score (nSPS) is 19.1. The molecule has 1 aliphatic heterocycles. The van der Waals surface area contributed by atoms with Gasteiger partial charge in [-0.1, -0.05) is 19.3 Å². The van der Waals surface area contributed by atoms with Gasteiger partial charge in [0, 0.05) is 24.2 Å². The standard InChI is InChI=1S/C13H21NO3/c1-10(11(2)13(16)17)12(15)14-8-6-4-3-5-7-9-14/h3-9H2,1-2H3,(H,16,17)/b11-10-. The number of amides is 1. The van der Waals surface area contributed by atoms with Crippen LogP contribution in [-0.4, -0.2) is 35.0 Å². The van der Waals surface area contributed by atoms with E-state index in [1.165, 1.54) is 13.3 Å². The Balaban J connectivity index is 2.73. The maximum Gasteiger partial charge on any atom is 0.331 e. The lowest BCUT2D eigenvalue weighted by atomic mass is 10.1. The summed E-state index contributed by atoms with van der Waals surface area (Å²) in [6.07, 6.45) is 5.59. The van der Waals surface area contributed by atoms with E-state index in [9.17, 15) is 9.59 Å². The van der Waals surface area contributed by atoms with Crippen LogP contribution >= 0.6 is 0 Å². The number of likely N-dealkylation sites (tertiary alicyclic amines) is 1. The van der Waals surface area contributed by atoms with Crippen LogP contribution in [0.5, 0.6) is 0 Å². The van der Waals surface area contributed by atoms with Crippen molar-refractivity contribution in [2.45, 2.75) is 46.0 Å². The van der Waals surface area contributed by atoms with Crippen LogP contribution in [0, 0.1) is 0 Å². The van der Waals surface area contributed by atoms with Gasteiger partial charge in [0.05, 0.1) is 0 Å². The third-order valence-electron chi connectivity index (χ3n) is 3.35. The molecule has 17 heavy (non-hydrogen) atoms. The van der Waals surface area contributed by atoms with Gasteiger partial charge in [0.15, 0.2) is 0 Å². The second-order valence-corrected chi connectivity index (χ2v) is 4.62. The first kappa shape index (κ1) is 13.7. The molecule has 0 aromatic rings. The smallest absolute Gasteiger partial charge is 0.331 e. The molecule has 1 amide bonds. The predicted molar refractivity (Wildman–Crippen MR) is 65.7 cm³/mol. The van der Waals surface area contributed by atoms with Crippen LogP contribution in [0.2, 0.25) is 0 Å². The zero-order valence-electron chi connectivity index (χ0n) is 10.7. The molecule has 0 atom stereocenters. The highest BCUT2D eigenvalue weighted by molar-refractivity contribution is 6.01. The summed E-state index contributed by atoms with van der Waals surface area (Å²) in [5, 5.41) is 8.87. The monoisotopic (exact) mass is 239 g/mol. The molecule has 0 aromatic carbocycles. The summed E-state index contributed by atoms with van der Waals surface area (Å²) in [7, 11) is 0.